The number of rotatable bonds is 5. The minimum Gasteiger partial charge on any atom is -0.477 e. The molecule has 0 radical (unpaired) electrons. The van der Waals surface area contributed by atoms with E-state index in [9.17, 15) is 14.9 Å². The number of aromatic nitrogens is 2. The number of aromatic carboxylic acids is 1. The first-order valence-corrected chi connectivity index (χ1v) is 5.71. The van der Waals surface area contributed by atoms with Crippen molar-refractivity contribution in [2.75, 3.05) is 5.32 Å². The molecule has 2 N–H and O–H groups in total. The lowest BCUT2D eigenvalue weighted by molar-refractivity contribution is -0.384. The molecule has 0 saturated heterocycles. The van der Waals surface area contributed by atoms with E-state index in [1.54, 1.807) is 24.0 Å². The SMILES string of the molecule is Cn1ccnc1CNc1cccc(C(=O)O)c1[N+](=O)[O-]. The maximum Gasteiger partial charge on any atom is 0.342 e. The number of carboxylic acid groups (broad SMARTS) is 1. The van der Waals surface area contributed by atoms with Gasteiger partial charge in [0.25, 0.3) is 0 Å². The van der Waals surface area contributed by atoms with Gasteiger partial charge in [0, 0.05) is 19.4 Å². The van der Waals surface area contributed by atoms with E-state index in [1.807, 2.05) is 0 Å². The van der Waals surface area contributed by atoms with Crippen LogP contribution in [0.25, 0.3) is 0 Å². The van der Waals surface area contributed by atoms with Crippen molar-refractivity contribution in [2.24, 2.45) is 7.05 Å². The molecule has 104 valence electrons. The maximum atomic E-state index is 11.1. The third kappa shape index (κ3) is 2.58. The molecule has 0 spiro atoms. The van der Waals surface area contributed by atoms with Crippen LogP contribution in [0.15, 0.2) is 30.6 Å². The van der Waals surface area contributed by atoms with E-state index in [0.29, 0.717) is 5.82 Å². The number of nitro groups is 1. The Bertz CT molecular complexity index is 665. The van der Waals surface area contributed by atoms with Crippen molar-refractivity contribution < 1.29 is 14.8 Å². The Morgan fingerprint density at radius 2 is 2.30 bits per heavy atom. The molecule has 2 rings (SSSR count). The lowest BCUT2D eigenvalue weighted by Crippen LogP contribution is -2.10. The molecule has 0 atom stereocenters. The van der Waals surface area contributed by atoms with Gasteiger partial charge in [-0.25, -0.2) is 9.78 Å². The molecular formula is C12H12N4O4. The predicted octanol–water partition coefficient (Wildman–Crippen LogP) is 1.64. The number of aryl methyl sites for hydroxylation is 1. The average Bonchev–Trinajstić information content (AvgIpc) is 2.81. The lowest BCUT2D eigenvalue weighted by Gasteiger charge is -2.08. The number of hydrogen-bond acceptors (Lipinski definition) is 5. The van der Waals surface area contributed by atoms with Crippen molar-refractivity contribution in [3.05, 3.63) is 52.1 Å². The number of carbonyl (C=O) groups is 1. The van der Waals surface area contributed by atoms with Crippen molar-refractivity contribution in [1.29, 1.82) is 0 Å². The van der Waals surface area contributed by atoms with Gasteiger partial charge in [-0.3, -0.25) is 10.1 Å². The number of carboxylic acids is 1. The molecule has 1 aromatic heterocycles. The van der Waals surface area contributed by atoms with E-state index < -0.39 is 16.6 Å². The lowest BCUT2D eigenvalue weighted by atomic mass is 10.1. The van der Waals surface area contributed by atoms with Gasteiger partial charge in [-0.15, -0.1) is 0 Å². The van der Waals surface area contributed by atoms with Crippen molar-refractivity contribution in [3.8, 4) is 0 Å². The standard InChI is InChI=1S/C12H12N4O4/c1-15-6-5-13-10(15)7-14-9-4-2-3-8(12(17)18)11(9)16(19)20/h2-6,14H,7H2,1H3,(H,17,18). The molecule has 20 heavy (non-hydrogen) atoms. The van der Waals surface area contributed by atoms with Gasteiger partial charge < -0.3 is 15.0 Å². The second-order valence-corrected chi connectivity index (χ2v) is 4.07. The van der Waals surface area contributed by atoms with E-state index in [2.05, 4.69) is 10.3 Å². The summed E-state index contributed by atoms with van der Waals surface area (Å²) < 4.78 is 1.76. The van der Waals surface area contributed by atoms with Gasteiger partial charge in [0.15, 0.2) is 0 Å². The second kappa shape index (κ2) is 5.39. The van der Waals surface area contributed by atoms with Crippen LogP contribution in [-0.4, -0.2) is 25.6 Å². The summed E-state index contributed by atoms with van der Waals surface area (Å²) >= 11 is 0. The summed E-state index contributed by atoms with van der Waals surface area (Å²) in [6.07, 6.45) is 3.36. The summed E-state index contributed by atoms with van der Waals surface area (Å²) in [5, 5.41) is 22.9. The molecular weight excluding hydrogens is 264 g/mol. The van der Waals surface area contributed by atoms with Crippen LogP contribution in [0.4, 0.5) is 11.4 Å². The zero-order valence-corrected chi connectivity index (χ0v) is 10.6. The van der Waals surface area contributed by atoms with Crippen LogP contribution in [-0.2, 0) is 13.6 Å². The molecule has 0 unspecified atom stereocenters. The number of para-hydroxylation sites is 1. The largest absolute Gasteiger partial charge is 0.477 e. The number of nitro benzene ring substituents is 1. The predicted molar refractivity (Wildman–Crippen MR) is 70.6 cm³/mol. The Balaban J connectivity index is 2.32. The highest BCUT2D eigenvalue weighted by molar-refractivity contribution is 5.95. The molecule has 0 bridgehead atoms. The Labute approximate surface area is 113 Å². The van der Waals surface area contributed by atoms with E-state index in [-0.39, 0.29) is 17.8 Å². The zero-order chi connectivity index (χ0) is 14.7. The average molecular weight is 276 g/mol. The number of benzene rings is 1. The van der Waals surface area contributed by atoms with E-state index in [1.165, 1.54) is 18.2 Å². The normalized spacial score (nSPS) is 10.2. The van der Waals surface area contributed by atoms with Crippen molar-refractivity contribution in [1.82, 2.24) is 9.55 Å². The first kappa shape index (κ1) is 13.5. The monoisotopic (exact) mass is 276 g/mol. The van der Waals surface area contributed by atoms with Gasteiger partial charge in [-0.1, -0.05) is 6.07 Å². The van der Waals surface area contributed by atoms with Gasteiger partial charge >= 0.3 is 11.7 Å². The van der Waals surface area contributed by atoms with Crippen LogP contribution >= 0.6 is 0 Å². The zero-order valence-electron chi connectivity index (χ0n) is 10.6. The van der Waals surface area contributed by atoms with Gasteiger partial charge in [0.1, 0.15) is 17.1 Å². The minimum absolute atomic E-state index is 0.151. The Morgan fingerprint density at radius 1 is 1.55 bits per heavy atom. The highest BCUT2D eigenvalue weighted by atomic mass is 16.6. The van der Waals surface area contributed by atoms with E-state index in [4.69, 9.17) is 5.11 Å². The quantitative estimate of drug-likeness (QED) is 0.634. The first-order chi connectivity index (χ1) is 9.50. The summed E-state index contributed by atoms with van der Waals surface area (Å²) in [5.74, 6) is -0.655. The molecule has 0 aliphatic rings. The molecule has 0 fully saturated rings. The highest BCUT2D eigenvalue weighted by Gasteiger charge is 2.24. The minimum atomic E-state index is -1.34. The van der Waals surface area contributed by atoms with Crippen LogP contribution in [0.3, 0.4) is 0 Å². The Hall–Kier alpha value is -2.90. The molecule has 2 aromatic rings. The fraction of sp³-hybridized carbons (Fsp3) is 0.167. The summed E-state index contributed by atoms with van der Waals surface area (Å²) in [6.45, 7) is 0.257. The van der Waals surface area contributed by atoms with Gasteiger partial charge in [0.05, 0.1) is 11.5 Å². The number of anilines is 1. The van der Waals surface area contributed by atoms with Crippen molar-refractivity contribution in [3.63, 3.8) is 0 Å². The third-order valence-electron chi connectivity index (χ3n) is 2.81. The molecule has 8 nitrogen and oxygen atoms in total. The van der Waals surface area contributed by atoms with Crippen molar-refractivity contribution >= 4 is 17.3 Å². The van der Waals surface area contributed by atoms with Gasteiger partial charge in [0.2, 0.25) is 0 Å². The molecule has 0 amide bonds. The molecule has 0 aliphatic heterocycles. The molecule has 8 heteroatoms. The van der Waals surface area contributed by atoms with Crippen LogP contribution < -0.4 is 5.32 Å². The topological polar surface area (TPSA) is 110 Å². The van der Waals surface area contributed by atoms with Crippen LogP contribution in [0.2, 0.25) is 0 Å². The fourth-order valence-electron chi connectivity index (χ4n) is 1.80. The highest BCUT2D eigenvalue weighted by Crippen LogP contribution is 2.28. The van der Waals surface area contributed by atoms with Gasteiger partial charge in [-0.05, 0) is 12.1 Å². The van der Waals surface area contributed by atoms with E-state index in [0.717, 1.165) is 0 Å². The summed E-state index contributed by atoms with van der Waals surface area (Å²) in [4.78, 5) is 25.4. The number of nitrogens with one attached hydrogen (secondary N) is 1. The van der Waals surface area contributed by atoms with Crippen molar-refractivity contribution in [2.45, 2.75) is 6.54 Å². The van der Waals surface area contributed by atoms with Gasteiger partial charge in [-0.2, -0.15) is 0 Å². The number of imidazole rings is 1. The Kier molecular flexibility index (Phi) is 3.65. The molecule has 1 aromatic carbocycles. The molecule has 0 aliphatic carbocycles. The third-order valence-corrected chi connectivity index (χ3v) is 2.81. The van der Waals surface area contributed by atoms with E-state index >= 15 is 0 Å². The Morgan fingerprint density at radius 3 is 2.85 bits per heavy atom. The maximum absolute atomic E-state index is 11.1. The molecule has 1 heterocycles. The summed E-state index contributed by atoms with van der Waals surface area (Å²) in [5.41, 5.74) is -0.646. The number of hydrogen-bond donors (Lipinski definition) is 2. The summed E-state index contributed by atoms with van der Waals surface area (Å²) in [6, 6.07) is 4.12. The smallest absolute Gasteiger partial charge is 0.342 e. The van der Waals surface area contributed by atoms with Crippen LogP contribution in [0.5, 0.6) is 0 Å². The number of nitrogens with zero attached hydrogens (tertiary/aromatic N) is 3. The fourth-order valence-corrected chi connectivity index (χ4v) is 1.80. The second-order valence-electron chi connectivity index (χ2n) is 4.07. The van der Waals surface area contributed by atoms with Crippen LogP contribution in [0.1, 0.15) is 16.2 Å². The van der Waals surface area contributed by atoms with Crippen LogP contribution in [0, 0.1) is 10.1 Å². The first-order valence-electron chi connectivity index (χ1n) is 5.71. The molecule has 0 saturated carbocycles. The summed E-state index contributed by atoms with van der Waals surface area (Å²) in [7, 11) is 1.80.